The van der Waals surface area contributed by atoms with Crippen molar-refractivity contribution in [2.75, 3.05) is 31.1 Å². The summed E-state index contributed by atoms with van der Waals surface area (Å²) in [4.78, 5) is 27.1. The number of nitrogens with two attached hydrogens (primary N) is 1. The first-order valence-electron chi connectivity index (χ1n) is 7.60. The highest BCUT2D eigenvalue weighted by atomic mass is 79.9. The van der Waals surface area contributed by atoms with E-state index >= 15 is 0 Å². The number of carbonyl (C=O) groups excluding carboxylic acids is 2. The van der Waals surface area contributed by atoms with E-state index in [1.54, 1.807) is 11.0 Å². The van der Waals surface area contributed by atoms with Gasteiger partial charge >= 0.3 is 6.09 Å². The van der Waals surface area contributed by atoms with E-state index in [0.29, 0.717) is 36.3 Å². The summed E-state index contributed by atoms with van der Waals surface area (Å²) >= 11 is 3.23. The van der Waals surface area contributed by atoms with Crippen molar-refractivity contribution < 1.29 is 18.7 Å². The van der Waals surface area contributed by atoms with Crippen LogP contribution in [-0.4, -0.2) is 48.7 Å². The first kappa shape index (κ1) is 18.5. The Labute approximate surface area is 148 Å². The SMILES string of the molecule is CC(C)(C)OC(=O)N1CCN(c2cc(Br)cc(F)c2C(N)=O)CC1. The molecule has 0 bridgehead atoms. The molecular weight excluding hydrogens is 381 g/mol. The third-order valence-electron chi connectivity index (χ3n) is 3.55. The lowest BCUT2D eigenvalue weighted by Crippen LogP contribution is -2.50. The van der Waals surface area contributed by atoms with E-state index in [2.05, 4.69) is 15.9 Å². The molecule has 24 heavy (non-hydrogen) atoms. The van der Waals surface area contributed by atoms with Crippen LogP contribution in [0.15, 0.2) is 16.6 Å². The zero-order valence-electron chi connectivity index (χ0n) is 13.9. The predicted molar refractivity (Wildman–Crippen MR) is 92.6 cm³/mol. The molecule has 1 aromatic rings. The van der Waals surface area contributed by atoms with Crippen molar-refractivity contribution in [1.82, 2.24) is 4.90 Å². The third kappa shape index (κ3) is 4.37. The number of hydrogen-bond acceptors (Lipinski definition) is 4. The molecule has 1 heterocycles. The summed E-state index contributed by atoms with van der Waals surface area (Å²) in [6, 6.07) is 2.87. The van der Waals surface area contributed by atoms with Crippen molar-refractivity contribution in [2.24, 2.45) is 5.73 Å². The fraction of sp³-hybridized carbons (Fsp3) is 0.500. The van der Waals surface area contributed by atoms with Crippen molar-refractivity contribution in [3.63, 3.8) is 0 Å². The number of hydrogen-bond donors (Lipinski definition) is 1. The number of nitrogens with zero attached hydrogens (tertiary/aromatic N) is 2. The summed E-state index contributed by atoms with van der Waals surface area (Å²) in [5.74, 6) is -1.48. The first-order chi connectivity index (χ1) is 11.1. The average molecular weight is 402 g/mol. The average Bonchev–Trinajstić information content (AvgIpc) is 2.44. The zero-order valence-corrected chi connectivity index (χ0v) is 15.5. The molecule has 1 saturated heterocycles. The Hall–Kier alpha value is -1.83. The molecule has 1 aliphatic heterocycles. The van der Waals surface area contributed by atoms with Gasteiger partial charge < -0.3 is 20.3 Å². The summed E-state index contributed by atoms with van der Waals surface area (Å²) in [5.41, 5.74) is 5.05. The number of ether oxygens (including phenoxy) is 1. The van der Waals surface area contributed by atoms with Crippen LogP contribution in [0.25, 0.3) is 0 Å². The second-order valence-corrected chi connectivity index (χ2v) is 7.52. The molecule has 6 nitrogen and oxygen atoms in total. The number of piperazine rings is 1. The molecule has 0 atom stereocenters. The number of rotatable bonds is 2. The van der Waals surface area contributed by atoms with Crippen LogP contribution < -0.4 is 10.6 Å². The molecule has 2 N–H and O–H groups in total. The maximum atomic E-state index is 14.1. The van der Waals surface area contributed by atoms with Gasteiger partial charge in [-0.25, -0.2) is 9.18 Å². The van der Waals surface area contributed by atoms with Crippen molar-refractivity contribution >= 4 is 33.6 Å². The van der Waals surface area contributed by atoms with Crippen LogP contribution in [0.3, 0.4) is 0 Å². The Morgan fingerprint density at radius 2 is 1.79 bits per heavy atom. The fourth-order valence-corrected chi connectivity index (χ4v) is 2.93. The van der Waals surface area contributed by atoms with Crippen LogP contribution in [0.2, 0.25) is 0 Å². The molecule has 0 unspecified atom stereocenters. The number of amides is 2. The summed E-state index contributed by atoms with van der Waals surface area (Å²) in [6.07, 6.45) is -0.377. The molecule has 0 aromatic heterocycles. The molecule has 0 radical (unpaired) electrons. The lowest BCUT2D eigenvalue weighted by Gasteiger charge is -2.37. The molecule has 1 aromatic carbocycles. The quantitative estimate of drug-likeness (QED) is 0.826. The predicted octanol–water partition coefficient (Wildman–Crippen LogP) is 2.74. The monoisotopic (exact) mass is 401 g/mol. The summed E-state index contributed by atoms with van der Waals surface area (Å²) in [7, 11) is 0. The van der Waals surface area contributed by atoms with Gasteiger partial charge in [0.25, 0.3) is 5.91 Å². The maximum absolute atomic E-state index is 14.1. The largest absolute Gasteiger partial charge is 0.444 e. The van der Waals surface area contributed by atoms with Crippen LogP contribution >= 0.6 is 15.9 Å². The zero-order chi connectivity index (χ0) is 18.1. The minimum Gasteiger partial charge on any atom is -0.444 e. The Bertz CT molecular complexity index is 653. The highest BCUT2D eigenvalue weighted by Gasteiger charge is 2.28. The van der Waals surface area contributed by atoms with Gasteiger partial charge in [0.1, 0.15) is 11.4 Å². The molecule has 2 amide bonds. The highest BCUT2D eigenvalue weighted by molar-refractivity contribution is 9.10. The molecule has 8 heteroatoms. The van der Waals surface area contributed by atoms with E-state index in [4.69, 9.17) is 10.5 Å². The third-order valence-corrected chi connectivity index (χ3v) is 4.01. The van der Waals surface area contributed by atoms with Gasteiger partial charge in [0.05, 0.1) is 11.3 Å². The fourth-order valence-electron chi connectivity index (χ4n) is 2.51. The molecule has 1 fully saturated rings. The van der Waals surface area contributed by atoms with E-state index in [0.717, 1.165) is 0 Å². The number of halogens is 2. The van der Waals surface area contributed by atoms with Crippen molar-refractivity contribution in [3.05, 3.63) is 28.0 Å². The van der Waals surface area contributed by atoms with Gasteiger partial charge in [-0.3, -0.25) is 4.79 Å². The normalized spacial score (nSPS) is 15.4. The Balaban J connectivity index is 2.13. The molecule has 0 spiro atoms. The number of benzene rings is 1. The number of primary amides is 1. The number of anilines is 1. The first-order valence-corrected chi connectivity index (χ1v) is 8.39. The molecule has 2 rings (SSSR count). The number of carbonyl (C=O) groups is 2. The highest BCUT2D eigenvalue weighted by Crippen LogP contribution is 2.29. The van der Waals surface area contributed by atoms with Gasteiger partial charge in [0.15, 0.2) is 0 Å². The van der Waals surface area contributed by atoms with Crippen LogP contribution in [0, 0.1) is 5.82 Å². The smallest absolute Gasteiger partial charge is 0.410 e. The van der Waals surface area contributed by atoms with E-state index in [1.807, 2.05) is 25.7 Å². The van der Waals surface area contributed by atoms with E-state index < -0.39 is 17.3 Å². The molecule has 0 aliphatic carbocycles. The van der Waals surface area contributed by atoms with Gasteiger partial charge in [-0.15, -0.1) is 0 Å². The van der Waals surface area contributed by atoms with Crippen LogP contribution in [0.4, 0.5) is 14.9 Å². The van der Waals surface area contributed by atoms with Crippen molar-refractivity contribution in [3.8, 4) is 0 Å². The Morgan fingerprint density at radius 1 is 1.21 bits per heavy atom. The van der Waals surface area contributed by atoms with Crippen LogP contribution in [0.5, 0.6) is 0 Å². The summed E-state index contributed by atoms with van der Waals surface area (Å²) < 4.78 is 19.9. The van der Waals surface area contributed by atoms with E-state index in [9.17, 15) is 14.0 Å². The molecular formula is C16H21BrFN3O3. The van der Waals surface area contributed by atoms with E-state index in [-0.39, 0.29) is 11.7 Å². The lowest BCUT2D eigenvalue weighted by atomic mass is 10.1. The standard InChI is InChI=1S/C16H21BrFN3O3/c1-16(2,3)24-15(23)21-6-4-20(5-7-21)12-9-10(17)8-11(18)13(12)14(19)22/h8-9H,4-7H2,1-3H3,(H2,19,22). The van der Waals surface area contributed by atoms with Gasteiger partial charge in [-0.05, 0) is 32.9 Å². The van der Waals surface area contributed by atoms with Gasteiger partial charge in [0, 0.05) is 30.7 Å². The van der Waals surface area contributed by atoms with Crippen LogP contribution in [-0.2, 0) is 4.74 Å². The van der Waals surface area contributed by atoms with E-state index in [1.165, 1.54) is 6.07 Å². The van der Waals surface area contributed by atoms with Crippen molar-refractivity contribution in [1.29, 1.82) is 0 Å². The van der Waals surface area contributed by atoms with Gasteiger partial charge in [0.2, 0.25) is 0 Å². The minimum atomic E-state index is -0.815. The topological polar surface area (TPSA) is 75.9 Å². The van der Waals surface area contributed by atoms with Crippen molar-refractivity contribution in [2.45, 2.75) is 26.4 Å². The second kappa shape index (κ2) is 6.96. The van der Waals surface area contributed by atoms with Crippen LogP contribution in [0.1, 0.15) is 31.1 Å². The lowest BCUT2D eigenvalue weighted by molar-refractivity contribution is 0.0240. The Kier molecular flexibility index (Phi) is 5.37. The molecule has 132 valence electrons. The summed E-state index contributed by atoms with van der Waals surface area (Å²) in [5, 5.41) is 0. The van der Waals surface area contributed by atoms with Gasteiger partial charge in [-0.1, -0.05) is 15.9 Å². The molecule has 0 saturated carbocycles. The Morgan fingerprint density at radius 3 is 2.29 bits per heavy atom. The minimum absolute atomic E-state index is 0.135. The molecule has 1 aliphatic rings. The second-order valence-electron chi connectivity index (χ2n) is 6.60. The maximum Gasteiger partial charge on any atom is 0.410 e. The summed E-state index contributed by atoms with van der Waals surface area (Å²) in [6.45, 7) is 7.17. The van der Waals surface area contributed by atoms with Gasteiger partial charge in [-0.2, -0.15) is 0 Å².